The van der Waals surface area contributed by atoms with Gasteiger partial charge in [-0.25, -0.2) is 9.69 Å². The molecule has 4 amide bonds. The van der Waals surface area contributed by atoms with Crippen molar-refractivity contribution in [3.05, 3.63) is 101 Å². The molecule has 0 aliphatic carbocycles. The van der Waals surface area contributed by atoms with E-state index in [0.29, 0.717) is 46.2 Å². The highest BCUT2D eigenvalue weighted by Crippen LogP contribution is 2.38. The Morgan fingerprint density at radius 3 is 2.39 bits per heavy atom. The van der Waals surface area contributed by atoms with Crippen LogP contribution in [0, 0.1) is 0 Å². The van der Waals surface area contributed by atoms with Gasteiger partial charge < -0.3 is 14.2 Å². The van der Waals surface area contributed by atoms with Crippen LogP contribution in [0.4, 0.5) is 10.5 Å². The third kappa shape index (κ3) is 6.12. The maximum atomic E-state index is 13.3. The number of benzene rings is 3. The second kappa shape index (κ2) is 12.2. The summed E-state index contributed by atoms with van der Waals surface area (Å²) in [6.45, 7) is 6.50. The number of nitrogens with zero attached hydrogens (tertiary/aromatic N) is 1. The van der Waals surface area contributed by atoms with E-state index in [4.69, 9.17) is 14.2 Å². The van der Waals surface area contributed by atoms with E-state index in [9.17, 15) is 14.4 Å². The van der Waals surface area contributed by atoms with Crippen LogP contribution in [-0.2, 0) is 16.2 Å². The zero-order chi connectivity index (χ0) is 27.1. The van der Waals surface area contributed by atoms with Gasteiger partial charge in [-0.05, 0) is 76.5 Å². The van der Waals surface area contributed by atoms with Gasteiger partial charge >= 0.3 is 6.03 Å². The smallest absolute Gasteiger partial charge is 0.335 e. The largest absolute Gasteiger partial charge is 0.490 e. The Hall–Kier alpha value is -4.37. The van der Waals surface area contributed by atoms with Crippen molar-refractivity contribution in [1.29, 1.82) is 0 Å². The van der Waals surface area contributed by atoms with Gasteiger partial charge in [0.15, 0.2) is 11.5 Å². The van der Waals surface area contributed by atoms with Crippen LogP contribution in [0.15, 0.2) is 89.4 Å². The summed E-state index contributed by atoms with van der Waals surface area (Å²) < 4.78 is 17.7. The molecule has 38 heavy (non-hydrogen) atoms. The van der Waals surface area contributed by atoms with Crippen molar-refractivity contribution in [3.8, 4) is 17.2 Å². The van der Waals surface area contributed by atoms with Crippen molar-refractivity contribution in [2.45, 2.75) is 13.5 Å². The fraction of sp³-hybridized carbons (Fsp3) is 0.138. The summed E-state index contributed by atoms with van der Waals surface area (Å²) >= 11 is 3.46. The van der Waals surface area contributed by atoms with Gasteiger partial charge in [-0.1, -0.05) is 43.0 Å². The first-order valence-electron chi connectivity index (χ1n) is 11.8. The summed E-state index contributed by atoms with van der Waals surface area (Å²) in [7, 11) is 0. The van der Waals surface area contributed by atoms with E-state index in [2.05, 4.69) is 27.8 Å². The van der Waals surface area contributed by atoms with Gasteiger partial charge in [-0.2, -0.15) is 0 Å². The normalized spacial score (nSPS) is 14.3. The molecule has 1 saturated heterocycles. The van der Waals surface area contributed by atoms with Gasteiger partial charge in [0.2, 0.25) is 0 Å². The molecule has 0 radical (unpaired) electrons. The van der Waals surface area contributed by atoms with Crippen molar-refractivity contribution >= 4 is 45.5 Å². The zero-order valence-electron chi connectivity index (χ0n) is 20.6. The summed E-state index contributed by atoms with van der Waals surface area (Å²) in [5.74, 6) is -0.0720. The fourth-order valence-electron chi connectivity index (χ4n) is 3.71. The first kappa shape index (κ1) is 26.7. The molecular weight excluding hydrogens is 552 g/mol. The number of urea groups is 1. The van der Waals surface area contributed by atoms with Crippen LogP contribution in [0.5, 0.6) is 17.2 Å². The Morgan fingerprint density at radius 1 is 0.974 bits per heavy atom. The van der Waals surface area contributed by atoms with Gasteiger partial charge in [0.05, 0.1) is 16.8 Å². The van der Waals surface area contributed by atoms with Crippen LogP contribution in [-0.4, -0.2) is 31.1 Å². The molecule has 4 rings (SSSR count). The Morgan fingerprint density at radius 2 is 1.71 bits per heavy atom. The Kier molecular flexibility index (Phi) is 8.60. The van der Waals surface area contributed by atoms with Gasteiger partial charge in [-0.15, -0.1) is 0 Å². The average molecular weight is 577 g/mol. The van der Waals surface area contributed by atoms with Gasteiger partial charge in [0, 0.05) is 0 Å². The summed E-state index contributed by atoms with van der Waals surface area (Å²) in [5, 5.41) is 2.23. The fourth-order valence-corrected chi connectivity index (χ4v) is 4.28. The number of hydrogen-bond donors (Lipinski definition) is 1. The van der Waals surface area contributed by atoms with Gasteiger partial charge in [-0.3, -0.25) is 14.9 Å². The number of halogens is 1. The maximum Gasteiger partial charge on any atom is 0.335 e. The van der Waals surface area contributed by atoms with Crippen molar-refractivity contribution < 1.29 is 28.6 Å². The minimum atomic E-state index is -0.834. The molecule has 0 atom stereocenters. The highest BCUT2D eigenvalue weighted by Gasteiger charge is 2.37. The van der Waals surface area contributed by atoms with Gasteiger partial charge in [0.1, 0.15) is 24.5 Å². The Bertz CT molecular complexity index is 1390. The predicted molar refractivity (Wildman–Crippen MR) is 147 cm³/mol. The second-order valence-electron chi connectivity index (χ2n) is 8.09. The average Bonchev–Trinajstić information content (AvgIpc) is 2.91. The number of amides is 4. The zero-order valence-corrected chi connectivity index (χ0v) is 22.2. The third-order valence-electron chi connectivity index (χ3n) is 5.43. The van der Waals surface area contributed by atoms with Crippen LogP contribution in [0.1, 0.15) is 18.1 Å². The van der Waals surface area contributed by atoms with E-state index in [0.717, 1.165) is 10.5 Å². The number of barbiturate groups is 1. The molecule has 8 nitrogen and oxygen atoms in total. The molecule has 3 aromatic rings. The summed E-state index contributed by atoms with van der Waals surface area (Å²) in [4.78, 5) is 39.5. The van der Waals surface area contributed by atoms with Crippen molar-refractivity contribution in [3.63, 3.8) is 0 Å². The molecule has 0 bridgehead atoms. The number of ether oxygens (including phenoxy) is 3. The first-order valence-corrected chi connectivity index (χ1v) is 12.6. The van der Waals surface area contributed by atoms with Crippen LogP contribution in [0.25, 0.3) is 6.08 Å². The SMILES string of the molecule is C=CCOc1c(Br)cc(/C=C2\C(=O)NC(=O)N(c3ccc(OCc4ccccc4)cc3)C2=O)cc1OCC. The van der Waals surface area contributed by atoms with E-state index in [-0.39, 0.29) is 12.2 Å². The molecule has 1 aliphatic rings. The highest BCUT2D eigenvalue weighted by atomic mass is 79.9. The summed E-state index contributed by atoms with van der Waals surface area (Å²) in [5.41, 5.74) is 1.60. The van der Waals surface area contributed by atoms with E-state index < -0.39 is 17.8 Å². The number of nitrogens with one attached hydrogen (secondary N) is 1. The number of hydrogen-bond acceptors (Lipinski definition) is 6. The maximum absolute atomic E-state index is 13.3. The Labute approximate surface area is 228 Å². The number of anilines is 1. The molecule has 1 aliphatic heterocycles. The molecular formula is C29H25BrN2O6. The van der Waals surface area contributed by atoms with E-state index in [1.165, 1.54) is 6.08 Å². The summed E-state index contributed by atoms with van der Waals surface area (Å²) in [6, 6.07) is 18.7. The highest BCUT2D eigenvalue weighted by molar-refractivity contribution is 9.10. The lowest BCUT2D eigenvalue weighted by Crippen LogP contribution is -2.54. The topological polar surface area (TPSA) is 94.2 Å². The lowest BCUT2D eigenvalue weighted by Gasteiger charge is -2.26. The van der Waals surface area contributed by atoms with Crippen LogP contribution >= 0.6 is 15.9 Å². The summed E-state index contributed by atoms with van der Waals surface area (Å²) in [6.07, 6.45) is 3.01. The molecule has 1 N–H and O–H groups in total. The lowest BCUT2D eigenvalue weighted by molar-refractivity contribution is -0.122. The number of rotatable bonds is 10. The number of carbonyl (C=O) groups is 3. The van der Waals surface area contributed by atoms with E-state index >= 15 is 0 Å². The number of imide groups is 2. The molecule has 0 aromatic heterocycles. The van der Waals surface area contributed by atoms with E-state index in [1.54, 1.807) is 42.5 Å². The molecule has 1 heterocycles. The number of carbonyl (C=O) groups excluding carboxylic acids is 3. The van der Waals surface area contributed by atoms with E-state index in [1.807, 2.05) is 37.3 Å². The third-order valence-corrected chi connectivity index (χ3v) is 6.02. The monoisotopic (exact) mass is 576 g/mol. The van der Waals surface area contributed by atoms with Crippen molar-refractivity contribution in [2.75, 3.05) is 18.1 Å². The molecule has 1 fully saturated rings. The quantitative estimate of drug-likeness (QED) is 0.190. The van der Waals surface area contributed by atoms with Gasteiger partial charge in [0.25, 0.3) is 11.8 Å². The van der Waals surface area contributed by atoms with Crippen molar-refractivity contribution in [1.82, 2.24) is 5.32 Å². The minimum absolute atomic E-state index is 0.205. The molecule has 0 unspecified atom stereocenters. The molecule has 0 spiro atoms. The molecule has 194 valence electrons. The standard InChI is InChI=1S/C29H25BrN2O6/c1-3-14-37-26-24(30)16-20(17-25(26)36-4-2)15-23-27(33)31-29(35)32(28(23)34)21-10-12-22(13-11-21)38-18-19-8-6-5-7-9-19/h3,5-13,15-17H,1,4,14,18H2,2H3,(H,31,33,35)/b23-15+. The van der Waals surface area contributed by atoms with Crippen LogP contribution in [0.3, 0.4) is 0 Å². The molecule has 3 aromatic carbocycles. The van der Waals surface area contributed by atoms with Crippen LogP contribution < -0.4 is 24.4 Å². The molecule has 9 heteroatoms. The predicted octanol–water partition coefficient (Wildman–Crippen LogP) is 5.66. The Balaban J connectivity index is 1.58. The van der Waals surface area contributed by atoms with Crippen LogP contribution in [0.2, 0.25) is 0 Å². The second-order valence-corrected chi connectivity index (χ2v) is 8.94. The molecule has 0 saturated carbocycles. The minimum Gasteiger partial charge on any atom is -0.490 e. The lowest BCUT2D eigenvalue weighted by atomic mass is 10.1. The first-order chi connectivity index (χ1) is 18.4. The van der Waals surface area contributed by atoms with Crippen molar-refractivity contribution in [2.24, 2.45) is 0 Å².